The summed E-state index contributed by atoms with van der Waals surface area (Å²) in [4.78, 5) is 7.28. The Morgan fingerprint density at radius 1 is 1.06 bits per heavy atom. The van der Waals surface area contributed by atoms with Crippen LogP contribution in [0.25, 0.3) is 0 Å². The summed E-state index contributed by atoms with van der Waals surface area (Å²) in [6.07, 6.45) is 2.61. The van der Waals surface area contributed by atoms with E-state index < -0.39 is 0 Å². The number of benzene rings is 2. The molecule has 4 atom stereocenters. The van der Waals surface area contributed by atoms with Crippen LogP contribution in [0.4, 0.5) is 11.4 Å². The third-order valence-electron chi connectivity index (χ3n) is 7.00. The molecule has 0 amide bonds. The van der Waals surface area contributed by atoms with Crippen molar-refractivity contribution in [2.24, 2.45) is 11.8 Å². The molecule has 3 aliphatic heterocycles. The van der Waals surface area contributed by atoms with Gasteiger partial charge in [0.2, 0.25) is 0 Å². The largest absolute Gasteiger partial charge is 0.378 e. The lowest BCUT2D eigenvalue weighted by molar-refractivity contribution is -0.00845. The summed E-state index contributed by atoms with van der Waals surface area (Å²) in [5, 5.41) is 7.51. The summed E-state index contributed by atoms with van der Waals surface area (Å²) in [6.45, 7) is 5.57. The van der Waals surface area contributed by atoms with Gasteiger partial charge in [0, 0.05) is 57.7 Å². The number of piperidine rings is 3. The summed E-state index contributed by atoms with van der Waals surface area (Å²) in [7, 11) is 6.36. The van der Waals surface area contributed by atoms with E-state index in [0.717, 1.165) is 30.6 Å². The van der Waals surface area contributed by atoms with Gasteiger partial charge in [-0.05, 0) is 80.3 Å². The van der Waals surface area contributed by atoms with E-state index in [2.05, 4.69) is 87.0 Å². The molecule has 2 bridgehead atoms. The first-order valence-electron chi connectivity index (χ1n) is 11.8. The van der Waals surface area contributed by atoms with Crippen LogP contribution in [0.2, 0.25) is 0 Å². The monoisotopic (exact) mass is 451 g/mol. The van der Waals surface area contributed by atoms with Gasteiger partial charge in [0.25, 0.3) is 0 Å². The molecule has 32 heavy (non-hydrogen) atoms. The van der Waals surface area contributed by atoms with Gasteiger partial charge in [-0.25, -0.2) is 0 Å². The lowest BCUT2D eigenvalue weighted by Gasteiger charge is -2.50. The van der Waals surface area contributed by atoms with Crippen LogP contribution in [-0.4, -0.2) is 68.3 Å². The van der Waals surface area contributed by atoms with E-state index >= 15 is 0 Å². The Kier molecular flexibility index (Phi) is 7.66. The molecule has 6 heteroatoms. The number of hydrogen-bond donors (Lipinski definition) is 2. The summed E-state index contributed by atoms with van der Waals surface area (Å²) >= 11 is 5.56. The smallest absolute Gasteiger partial charge is 0.170 e. The zero-order valence-corrected chi connectivity index (χ0v) is 20.4. The third-order valence-corrected chi connectivity index (χ3v) is 7.24. The average Bonchev–Trinajstić information content (AvgIpc) is 2.79. The van der Waals surface area contributed by atoms with Crippen molar-refractivity contribution in [3.8, 4) is 0 Å². The van der Waals surface area contributed by atoms with Gasteiger partial charge in [-0.1, -0.05) is 30.3 Å². The summed E-state index contributed by atoms with van der Waals surface area (Å²) in [6, 6.07) is 19.7. The lowest BCUT2D eigenvalue weighted by atomic mass is 9.75. The second kappa shape index (κ2) is 10.6. The second-order valence-electron chi connectivity index (χ2n) is 9.65. The molecule has 2 aromatic rings. The number of thiocarbonyl (C=S) groups is 1. The standard InChI is InChI=1S/C26H37N5S/c1-29(2)24-11-9-23(10-12-24)28-26(32)27-16-25-15-21-13-14-31(25)19-22(21)18-30(3)17-20-7-5-4-6-8-20/h4-12,21-22,25H,13-19H2,1-3H3,(H2,27,28,32)/t21-,22+,25+/m1/s1. The Labute approximate surface area is 198 Å². The van der Waals surface area contributed by atoms with Gasteiger partial charge in [0.1, 0.15) is 0 Å². The maximum Gasteiger partial charge on any atom is 0.170 e. The Hall–Kier alpha value is -2.15. The molecule has 0 aliphatic carbocycles. The zero-order chi connectivity index (χ0) is 22.5. The van der Waals surface area contributed by atoms with Crippen molar-refractivity contribution >= 4 is 28.7 Å². The van der Waals surface area contributed by atoms with Crippen LogP contribution >= 0.6 is 12.2 Å². The molecule has 3 fully saturated rings. The normalized spacial score (nSPS) is 24.4. The van der Waals surface area contributed by atoms with Crippen molar-refractivity contribution in [3.05, 3.63) is 60.2 Å². The minimum atomic E-state index is 0.584. The van der Waals surface area contributed by atoms with Gasteiger partial charge in [-0.15, -0.1) is 0 Å². The Morgan fingerprint density at radius 3 is 2.47 bits per heavy atom. The van der Waals surface area contributed by atoms with Crippen LogP contribution in [-0.2, 0) is 6.54 Å². The average molecular weight is 452 g/mol. The van der Waals surface area contributed by atoms with E-state index in [1.807, 2.05) is 14.1 Å². The Balaban J connectivity index is 1.22. The highest BCUT2D eigenvalue weighted by atomic mass is 32.1. The highest BCUT2D eigenvalue weighted by molar-refractivity contribution is 7.80. The van der Waals surface area contributed by atoms with E-state index in [0.29, 0.717) is 11.2 Å². The van der Waals surface area contributed by atoms with E-state index in [1.165, 1.54) is 43.7 Å². The van der Waals surface area contributed by atoms with Gasteiger partial charge < -0.3 is 20.4 Å². The second-order valence-corrected chi connectivity index (χ2v) is 10.1. The van der Waals surface area contributed by atoms with Gasteiger partial charge in [0.05, 0.1) is 0 Å². The molecule has 3 heterocycles. The molecule has 0 saturated carbocycles. The first-order chi connectivity index (χ1) is 15.5. The maximum absolute atomic E-state index is 5.56. The summed E-state index contributed by atoms with van der Waals surface area (Å²) in [5.41, 5.74) is 3.61. The van der Waals surface area contributed by atoms with E-state index in [9.17, 15) is 0 Å². The number of rotatable bonds is 8. The fourth-order valence-corrected chi connectivity index (χ4v) is 5.46. The molecule has 1 unspecified atom stereocenters. The number of hydrogen-bond acceptors (Lipinski definition) is 4. The molecule has 0 aromatic heterocycles. The van der Waals surface area contributed by atoms with Crippen molar-refractivity contribution in [3.63, 3.8) is 0 Å². The van der Waals surface area contributed by atoms with Gasteiger partial charge >= 0.3 is 0 Å². The summed E-state index contributed by atoms with van der Waals surface area (Å²) in [5.74, 6) is 1.60. The topological polar surface area (TPSA) is 33.8 Å². The van der Waals surface area contributed by atoms with Crippen LogP contribution < -0.4 is 15.5 Å². The number of nitrogens with zero attached hydrogens (tertiary/aromatic N) is 3. The van der Waals surface area contributed by atoms with Gasteiger partial charge in [-0.2, -0.15) is 0 Å². The van der Waals surface area contributed by atoms with E-state index in [1.54, 1.807) is 0 Å². The molecule has 0 spiro atoms. The van der Waals surface area contributed by atoms with Crippen molar-refractivity contribution in [2.75, 3.05) is 57.5 Å². The molecule has 0 radical (unpaired) electrons. The summed E-state index contributed by atoms with van der Waals surface area (Å²) < 4.78 is 0. The van der Waals surface area contributed by atoms with Crippen molar-refractivity contribution in [1.82, 2.24) is 15.1 Å². The highest BCUT2D eigenvalue weighted by Crippen LogP contribution is 2.36. The Morgan fingerprint density at radius 2 is 1.81 bits per heavy atom. The molecule has 2 N–H and O–H groups in total. The quantitative estimate of drug-likeness (QED) is 0.593. The molecule has 2 aromatic carbocycles. The van der Waals surface area contributed by atoms with Crippen LogP contribution in [0.1, 0.15) is 18.4 Å². The van der Waals surface area contributed by atoms with Crippen LogP contribution in [0.3, 0.4) is 0 Å². The fourth-order valence-electron chi connectivity index (χ4n) is 5.26. The number of nitrogens with one attached hydrogen (secondary N) is 2. The third kappa shape index (κ3) is 6.00. The minimum absolute atomic E-state index is 0.584. The predicted octanol–water partition coefficient (Wildman–Crippen LogP) is 3.88. The maximum atomic E-state index is 5.56. The zero-order valence-electron chi connectivity index (χ0n) is 19.6. The number of fused-ring (bicyclic) bond motifs is 3. The minimum Gasteiger partial charge on any atom is -0.378 e. The number of anilines is 2. The van der Waals surface area contributed by atoms with Crippen molar-refractivity contribution in [2.45, 2.75) is 25.4 Å². The predicted molar refractivity (Wildman–Crippen MR) is 139 cm³/mol. The molecule has 5 nitrogen and oxygen atoms in total. The molecular formula is C26H37N5S. The van der Waals surface area contributed by atoms with Crippen LogP contribution in [0.5, 0.6) is 0 Å². The SMILES string of the molecule is CN(Cc1ccccc1)C[C@H]1CN2CC[C@@H]1C[C@H]2CNC(=S)Nc1ccc(N(C)C)cc1. The lowest BCUT2D eigenvalue weighted by Crippen LogP contribution is -2.58. The van der Waals surface area contributed by atoms with E-state index in [-0.39, 0.29) is 0 Å². The van der Waals surface area contributed by atoms with Gasteiger partial charge in [0.15, 0.2) is 5.11 Å². The van der Waals surface area contributed by atoms with Crippen LogP contribution in [0, 0.1) is 11.8 Å². The first kappa shape index (κ1) is 23.0. The van der Waals surface area contributed by atoms with E-state index in [4.69, 9.17) is 12.2 Å². The molecular weight excluding hydrogens is 414 g/mol. The van der Waals surface area contributed by atoms with Gasteiger partial charge in [-0.3, -0.25) is 4.90 Å². The van der Waals surface area contributed by atoms with Crippen molar-refractivity contribution in [1.29, 1.82) is 0 Å². The fraction of sp³-hybridized carbons (Fsp3) is 0.500. The first-order valence-corrected chi connectivity index (χ1v) is 12.2. The van der Waals surface area contributed by atoms with Crippen molar-refractivity contribution < 1.29 is 0 Å². The molecule has 3 saturated heterocycles. The molecule has 3 aliphatic rings. The molecule has 5 rings (SSSR count). The Bertz CT molecular complexity index is 870. The van der Waals surface area contributed by atoms with Crippen LogP contribution in [0.15, 0.2) is 54.6 Å². The highest BCUT2D eigenvalue weighted by Gasteiger charge is 2.40. The molecule has 172 valence electrons.